The summed E-state index contributed by atoms with van der Waals surface area (Å²) in [6.45, 7) is 18.3. The van der Waals surface area contributed by atoms with Gasteiger partial charge < -0.3 is 0 Å². The Morgan fingerprint density at radius 1 is 0.633 bits per heavy atom. The van der Waals surface area contributed by atoms with Gasteiger partial charge in [0, 0.05) is 16.7 Å². The molecule has 2 nitrogen and oxygen atoms in total. The molecule has 0 atom stereocenters. The van der Waals surface area contributed by atoms with Crippen LogP contribution < -0.4 is 4.57 Å². The van der Waals surface area contributed by atoms with E-state index in [9.17, 15) is 0 Å². The van der Waals surface area contributed by atoms with E-state index in [0.29, 0.717) is 23.7 Å². The smallest absolute Gasteiger partial charge is 0.232 e. The normalized spacial score (nSPS) is 12.0. The molecule has 0 fully saturated rings. The molecule has 2 heteroatoms. The van der Waals surface area contributed by atoms with Crippen molar-refractivity contribution < 1.29 is 4.57 Å². The van der Waals surface area contributed by atoms with Crippen LogP contribution in [0.2, 0.25) is 0 Å². The van der Waals surface area contributed by atoms with E-state index in [1.807, 2.05) is 0 Å². The minimum absolute atomic E-state index is 0.476. The Labute approximate surface area is 183 Å². The van der Waals surface area contributed by atoms with Crippen LogP contribution in [-0.2, 0) is 7.05 Å². The molecule has 0 aliphatic heterocycles. The molecule has 0 unspecified atom stereocenters. The van der Waals surface area contributed by atoms with Gasteiger partial charge in [-0.2, -0.15) is 0 Å². The van der Waals surface area contributed by atoms with Crippen molar-refractivity contribution in [2.75, 3.05) is 0 Å². The minimum atomic E-state index is 0.476. The Balaban J connectivity index is 2.30. The lowest BCUT2D eigenvalue weighted by Gasteiger charge is -2.18. The fourth-order valence-electron chi connectivity index (χ4n) is 4.52. The molecule has 0 spiro atoms. The summed E-state index contributed by atoms with van der Waals surface area (Å²) in [4.78, 5) is 0. The predicted molar refractivity (Wildman–Crippen MR) is 129 cm³/mol. The quantitative estimate of drug-likeness (QED) is 0.378. The van der Waals surface area contributed by atoms with Crippen LogP contribution in [-0.4, -0.2) is 4.57 Å². The van der Waals surface area contributed by atoms with Crippen LogP contribution in [0.25, 0.3) is 16.9 Å². The number of aromatic nitrogens is 2. The highest BCUT2D eigenvalue weighted by Gasteiger charge is 2.25. The average Bonchev–Trinajstić information content (AvgIpc) is 3.07. The summed E-state index contributed by atoms with van der Waals surface area (Å²) in [5, 5.41) is 0. The standard InChI is InChI=1S/C28H39N2/c1-18(2)22-12-10-13-23(19(3)4)27(22)26-16-30(17-29(26)9)28-24(20(5)6)14-11-15-25(28)21(7)8/h10-21H,1-9H3/q+1. The Hall–Kier alpha value is -2.35. The number of benzene rings is 2. The third kappa shape index (κ3) is 4.10. The summed E-state index contributed by atoms with van der Waals surface area (Å²) in [7, 11) is 2.18. The van der Waals surface area contributed by atoms with Crippen LogP contribution in [0, 0.1) is 0 Å². The topological polar surface area (TPSA) is 8.81 Å². The van der Waals surface area contributed by atoms with E-state index in [0.717, 1.165) is 0 Å². The zero-order valence-electron chi connectivity index (χ0n) is 20.3. The van der Waals surface area contributed by atoms with Gasteiger partial charge in [0.05, 0.1) is 7.05 Å². The van der Waals surface area contributed by atoms with Crippen molar-refractivity contribution in [2.24, 2.45) is 7.05 Å². The molecular weight excluding hydrogens is 364 g/mol. The van der Waals surface area contributed by atoms with Crippen LogP contribution in [0.1, 0.15) is 101 Å². The molecule has 160 valence electrons. The van der Waals surface area contributed by atoms with Gasteiger partial charge >= 0.3 is 0 Å². The second-order valence-electron chi connectivity index (χ2n) is 9.86. The third-order valence-electron chi connectivity index (χ3n) is 6.17. The second-order valence-corrected chi connectivity index (χ2v) is 9.86. The van der Waals surface area contributed by atoms with Gasteiger partial charge in [0.2, 0.25) is 6.33 Å². The van der Waals surface area contributed by atoms with Crippen molar-refractivity contribution in [3.05, 3.63) is 71.2 Å². The number of hydrogen-bond donors (Lipinski definition) is 0. The van der Waals surface area contributed by atoms with Crippen molar-refractivity contribution >= 4 is 0 Å². The molecular formula is C28H39N2+. The van der Waals surface area contributed by atoms with Crippen LogP contribution in [0.3, 0.4) is 0 Å². The lowest BCUT2D eigenvalue weighted by atomic mass is 9.87. The molecule has 0 saturated heterocycles. The van der Waals surface area contributed by atoms with Crippen molar-refractivity contribution in [3.63, 3.8) is 0 Å². The number of nitrogens with zero attached hydrogens (tertiary/aromatic N) is 2. The van der Waals surface area contributed by atoms with E-state index in [-0.39, 0.29) is 0 Å². The highest BCUT2D eigenvalue weighted by molar-refractivity contribution is 5.69. The molecule has 1 heterocycles. The Morgan fingerprint density at radius 2 is 1.03 bits per heavy atom. The number of hydrogen-bond acceptors (Lipinski definition) is 0. The van der Waals surface area contributed by atoms with Crippen LogP contribution in [0.5, 0.6) is 0 Å². The van der Waals surface area contributed by atoms with Gasteiger partial charge in [-0.05, 0) is 34.8 Å². The fraction of sp³-hybridized carbons (Fsp3) is 0.464. The first-order valence-electron chi connectivity index (χ1n) is 11.5. The van der Waals surface area contributed by atoms with E-state index in [1.165, 1.54) is 39.2 Å². The van der Waals surface area contributed by atoms with Crippen LogP contribution >= 0.6 is 0 Å². The summed E-state index contributed by atoms with van der Waals surface area (Å²) < 4.78 is 4.66. The van der Waals surface area contributed by atoms with E-state index < -0.39 is 0 Å². The van der Waals surface area contributed by atoms with Crippen LogP contribution in [0.15, 0.2) is 48.9 Å². The molecule has 0 bridgehead atoms. The second kappa shape index (κ2) is 8.79. The molecule has 0 aliphatic carbocycles. The van der Waals surface area contributed by atoms with Crippen molar-refractivity contribution in [1.82, 2.24) is 4.57 Å². The Bertz CT molecular complexity index is 967. The number of rotatable bonds is 6. The zero-order valence-corrected chi connectivity index (χ0v) is 20.3. The van der Waals surface area contributed by atoms with E-state index in [2.05, 4.69) is 120 Å². The third-order valence-corrected chi connectivity index (χ3v) is 6.17. The zero-order chi connectivity index (χ0) is 22.2. The fourth-order valence-corrected chi connectivity index (χ4v) is 4.52. The maximum absolute atomic E-state index is 2.36. The maximum Gasteiger partial charge on any atom is 0.249 e. The number of imidazole rings is 1. The molecule has 2 aromatic carbocycles. The van der Waals surface area contributed by atoms with Crippen molar-refractivity contribution in [3.8, 4) is 16.9 Å². The van der Waals surface area contributed by atoms with Gasteiger partial charge in [0.25, 0.3) is 0 Å². The maximum atomic E-state index is 2.36. The van der Waals surface area contributed by atoms with Gasteiger partial charge in [-0.3, -0.25) is 0 Å². The minimum Gasteiger partial charge on any atom is -0.232 e. The van der Waals surface area contributed by atoms with Crippen molar-refractivity contribution in [2.45, 2.75) is 79.1 Å². The summed E-state index contributed by atoms with van der Waals surface area (Å²) in [5.74, 6) is 1.92. The van der Waals surface area contributed by atoms with Crippen molar-refractivity contribution in [1.29, 1.82) is 0 Å². The molecule has 0 radical (unpaired) electrons. The van der Waals surface area contributed by atoms with Gasteiger partial charge in [0.15, 0.2) is 5.69 Å². The molecule has 3 aromatic rings. The summed E-state index contributed by atoms with van der Waals surface area (Å²) in [6, 6.07) is 13.6. The molecule has 0 saturated carbocycles. The lowest BCUT2D eigenvalue weighted by molar-refractivity contribution is -0.596. The summed E-state index contributed by atoms with van der Waals surface area (Å²) in [5.41, 5.74) is 9.70. The van der Waals surface area contributed by atoms with E-state index in [4.69, 9.17) is 0 Å². The van der Waals surface area contributed by atoms with E-state index >= 15 is 0 Å². The first-order valence-corrected chi connectivity index (χ1v) is 11.5. The molecule has 1 aromatic heterocycles. The molecule has 0 aliphatic rings. The van der Waals surface area contributed by atoms with Crippen LogP contribution in [0.4, 0.5) is 0 Å². The SMILES string of the molecule is CC(C)c1cccc(C(C)C)c1-c1c[n+](-c2c(C(C)C)cccc2C(C)C)cn1C. The highest BCUT2D eigenvalue weighted by atomic mass is 15.1. The molecule has 0 amide bonds. The Kier molecular flexibility index (Phi) is 6.55. The van der Waals surface area contributed by atoms with Gasteiger partial charge in [-0.25, -0.2) is 9.13 Å². The van der Waals surface area contributed by atoms with Gasteiger partial charge in [-0.1, -0.05) is 91.8 Å². The molecule has 3 rings (SSSR count). The first-order chi connectivity index (χ1) is 14.1. The van der Waals surface area contributed by atoms with E-state index in [1.54, 1.807) is 0 Å². The van der Waals surface area contributed by atoms with Gasteiger partial charge in [0.1, 0.15) is 11.9 Å². The monoisotopic (exact) mass is 403 g/mol. The molecule has 30 heavy (non-hydrogen) atoms. The van der Waals surface area contributed by atoms with Gasteiger partial charge in [-0.15, -0.1) is 0 Å². The Morgan fingerprint density at radius 3 is 1.43 bits per heavy atom. The lowest BCUT2D eigenvalue weighted by Crippen LogP contribution is -2.31. The summed E-state index contributed by atoms with van der Waals surface area (Å²) in [6.07, 6.45) is 4.60. The largest absolute Gasteiger partial charge is 0.249 e. The highest BCUT2D eigenvalue weighted by Crippen LogP contribution is 2.36. The number of aryl methyl sites for hydroxylation is 1. The predicted octanol–water partition coefficient (Wildman–Crippen LogP) is 7.46. The molecule has 0 N–H and O–H groups in total. The average molecular weight is 404 g/mol. The number of para-hydroxylation sites is 1. The summed E-state index contributed by atoms with van der Waals surface area (Å²) >= 11 is 0. The first kappa shape index (κ1) is 22.3.